The van der Waals surface area contributed by atoms with Crippen LogP contribution in [0.1, 0.15) is 57.1 Å². The normalized spacial score (nSPS) is 15.5. The Labute approximate surface area is 187 Å². The van der Waals surface area contributed by atoms with Crippen molar-refractivity contribution in [1.29, 1.82) is 0 Å². The van der Waals surface area contributed by atoms with Crippen LogP contribution in [-0.2, 0) is 11.3 Å². The smallest absolute Gasteiger partial charge is 0.303 e. The minimum absolute atomic E-state index is 0.0575. The molecule has 1 atom stereocenters. The molecule has 7 nitrogen and oxygen atoms in total. The molecule has 168 valence electrons. The van der Waals surface area contributed by atoms with Gasteiger partial charge in [0, 0.05) is 42.7 Å². The summed E-state index contributed by atoms with van der Waals surface area (Å²) in [4.78, 5) is 41.6. The first-order chi connectivity index (χ1) is 15.3. The highest BCUT2D eigenvalue weighted by molar-refractivity contribution is 7.13. The summed E-state index contributed by atoms with van der Waals surface area (Å²) in [6.45, 7) is 3.89. The van der Waals surface area contributed by atoms with Gasteiger partial charge in [-0.1, -0.05) is 13.0 Å². The van der Waals surface area contributed by atoms with Gasteiger partial charge in [0.25, 0.3) is 5.56 Å². The molecule has 1 saturated carbocycles. The summed E-state index contributed by atoms with van der Waals surface area (Å²) in [6, 6.07) is 3.11. The summed E-state index contributed by atoms with van der Waals surface area (Å²) < 4.78 is 18.4. The van der Waals surface area contributed by atoms with Crippen molar-refractivity contribution in [2.45, 2.75) is 58.0 Å². The fraction of sp³-hybridized carbons (Fsp3) is 0.391. The van der Waals surface area contributed by atoms with Crippen LogP contribution in [0.25, 0.3) is 21.1 Å². The maximum Gasteiger partial charge on any atom is 0.303 e. The maximum atomic E-state index is 15.0. The Morgan fingerprint density at radius 2 is 2.12 bits per heavy atom. The number of rotatable bonds is 8. The standard InChI is InChI=1S/C23H24FN3O4S/c1-3-25-9-8-13(2)15-12-18-16(11-17(15)24)21(30)20-22(31)26(10-4-5-19(28)29)32-23(20)27(18)14-6-7-14/h3,8-9,11-14H,4-7,10H2,1-2H3,(H,28,29)/b9-8-,25-3?. The van der Waals surface area contributed by atoms with Crippen molar-refractivity contribution in [2.24, 2.45) is 4.99 Å². The van der Waals surface area contributed by atoms with Crippen LogP contribution in [0.2, 0.25) is 0 Å². The largest absolute Gasteiger partial charge is 0.481 e. The maximum absolute atomic E-state index is 15.0. The minimum atomic E-state index is -0.932. The number of fused-ring (bicyclic) bond motifs is 2. The van der Waals surface area contributed by atoms with Crippen LogP contribution in [0.5, 0.6) is 0 Å². The second-order valence-electron chi connectivity index (χ2n) is 8.03. The average molecular weight is 458 g/mol. The Morgan fingerprint density at radius 3 is 2.78 bits per heavy atom. The van der Waals surface area contributed by atoms with Crippen LogP contribution in [0.15, 0.2) is 39.0 Å². The predicted molar refractivity (Wildman–Crippen MR) is 125 cm³/mol. The number of carboxylic acids is 1. The number of aromatic nitrogens is 2. The number of benzene rings is 1. The Balaban J connectivity index is 1.92. The molecule has 1 aromatic carbocycles. The van der Waals surface area contributed by atoms with E-state index in [0.29, 0.717) is 22.3 Å². The highest BCUT2D eigenvalue weighted by Gasteiger charge is 2.30. The number of carbonyl (C=O) groups is 1. The van der Waals surface area contributed by atoms with Gasteiger partial charge in [0.05, 0.1) is 5.52 Å². The van der Waals surface area contributed by atoms with Gasteiger partial charge in [0.2, 0.25) is 5.43 Å². The fourth-order valence-electron chi connectivity index (χ4n) is 3.90. The molecule has 0 amide bonds. The van der Waals surface area contributed by atoms with Gasteiger partial charge in [0.15, 0.2) is 0 Å². The van der Waals surface area contributed by atoms with Gasteiger partial charge in [-0.2, -0.15) is 0 Å². The van der Waals surface area contributed by atoms with Gasteiger partial charge in [-0.25, -0.2) is 4.39 Å². The van der Waals surface area contributed by atoms with Crippen LogP contribution in [0.3, 0.4) is 0 Å². The molecule has 2 heterocycles. The van der Waals surface area contributed by atoms with Crippen LogP contribution in [0.4, 0.5) is 4.39 Å². The molecule has 1 aliphatic rings. The van der Waals surface area contributed by atoms with Crippen LogP contribution < -0.4 is 11.0 Å². The monoisotopic (exact) mass is 457 g/mol. The lowest BCUT2D eigenvalue weighted by Crippen LogP contribution is -2.20. The van der Waals surface area contributed by atoms with Crippen LogP contribution in [-0.4, -0.2) is 25.8 Å². The topological polar surface area (TPSA) is 93.7 Å². The lowest BCUT2D eigenvalue weighted by molar-refractivity contribution is -0.137. The third-order valence-electron chi connectivity index (χ3n) is 5.68. The predicted octanol–water partition coefficient (Wildman–Crippen LogP) is 4.42. The van der Waals surface area contributed by atoms with E-state index in [2.05, 4.69) is 4.99 Å². The van der Waals surface area contributed by atoms with E-state index in [9.17, 15) is 18.8 Å². The lowest BCUT2D eigenvalue weighted by Gasteiger charge is -2.15. The molecule has 0 bridgehead atoms. The van der Waals surface area contributed by atoms with Gasteiger partial charge in [-0.15, -0.1) is 0 Å². The molecule has 32 heavy (non-hydrogen) atoms. The highest BCUT2D eigenvalue weighted by atomic mass is 32.1. The number of carboxylic acid groups (broad SMARTS) is 1. The molecule has 0 spiro atoms. The summed E-state index contributed by atoms with van der Waals surface area (Å²) in [5.74, 6) is -1.68. The molecular formula is C23H24FN3O4S. The average Bonchev–Trinajstić information content (AvgIpc) is 3.52. The van der Waals surface area contributed by atoms with E-state index in [1.54, 1.807) is 31.5 Å². The molecule has 9 heteroatoms. The molecule has 0 saturated heterocycles. The van der Waals surface area contributed by atoms with Crippen molar-refractivity contribution < 1.29 is 14.3 Å². The van der Waals surface area contributed by atoms with E-state index in [1.165, 1.54) is 21.6 Å². The number of nitrogens with zero attached hydrogens (tertiary/aromatic N) is 3. The van der Waals surface area contributed by atoms with E-state index in [1.807, 2.05) is 11.5 Å². The quantitative estimate of drug-likeness (QED) is 0.507. The summed E-state index contributed by atoms with van der Waals surface area (Å²) in [5.41, 5.74) is 0.172. The summed E-state index contributed by atoms with van der Waals surface area (Å²) in [7, 11) is 0. The van der Waals surface area contributed by atoms with E-state index in [0.717, 1.165) is 12.8 Å². The molecule has 1 unspecified atom stereocenters. The number of pyridine rings is 1. The van der Waals surface area contributed by atoms with Crippen molar-refractivity contribution in [3.05, 3.63) is 56.4 Å². The molecule has 2 aromatic heterocycles. The second-order valence-corrected chi connectivity index (χ2v) is 9.04. The van der Waals surface area contributed by atoms with Crippen molar-refractivity contribution >= 4 is 44.8 Å². The third kappa shape index (κ3) is 4.04. The van der Waals surface area contributed by atoms with Crippen LogP contribution >= 0.6 is 11.5 Å². The number of allylic oxidation sites excluding steroid dienone is 1. The van der Waals surface area contributed by atoms with E-state index < -0.39 is 22.8 Å². The fourth-order valence-corrected chi connectivity index (χ4v) is 5.11. The SMILES string of the molecule is CC=N/C=C\C(C)c1cc2c(cc1F)c(=O)c1c(=O)n(CCCC(=O)O)sc1n2C1CC1. The molecule has 4 rings (SSSR count). The number of halogens is 1. The summed E-state index contributed by atoms with van der Waals surface area (Å²) in [5, 5.41) is 9.13. The van der Waals surface area contributed by atoms with Gasteiger partial charge in [-0.3, -0.25) is 23.3 Å². The Hall–Kier alpha value is -3.07. The number of aryl methyl sites for hydroxylation is 1. The van der Waals surface area contributed by atoms with E-state index in [-0.39, 0.29) is 35.7 Å². The van der Waals surface area contributed by atoms with E-state index >= 15 is 0 Å². The number of aliphatic imine (C=N–C) groups is 1. The van der Waals surface area contributed by atoms with Gasteiger partial charge < -0.3 is 9.67 Å². The third-order valence-corrected chi connectivity index (χ3v) is 6.82. The molecule has 0 aliphatic heterocycles. The number of hydrogen-bond acceptors (Lipinski definition) is 5. The first kappa shape index (κ1) is 22.1. The van der Waals surface area contributed by atoms with Crippen molar-refractivity contribution in [2.75, 3.05) is 0 Å². The Kier molecular flexibility index (Phi) is 6.10. The van der Waals surface area contributed by atoms with Crippen molar-refractivity contribution in [3.63, 3.8) is 0 Å². The van der Waals surface area contributed by atoms with Crippen LogP contribution in [0, 0.1) is 5.82 Å². The molecular weight excluding hydrogens is 433 g/mol. The Bertz CT molecular complexity index is 1380. The lowest BCUT2D eigenvalue weighted by atomic mass is 9.98. The summed E-state index contributed by atoms with van der Waals surface area (Å²) >= 11 is 1.18. The first-order valence-electron chi connectivity index (χ1n) is 10.6. The zero-order valence-corrected chi connectivity index (χ0v) is 18.7. The van der Waals surface area contributed by atoms with Gasteiger partial charge in [0.1, 0.15) is 16.0 Å². The molecule has 1 N–H and O–H groups in total. The van der Waals surface area contributed by atoms with Crippen molar-refractivity contribution in [3.8, 4) is 0 Å². The minimum Gasteiger partial charge on any atom is -0.481 e. The zero-order chi connectivity index (χ0) is 23.0. The molecule has 1 fully saturated rings. The molecule has 1 aliphatic carbocycles. The molecule has 3 aromatic rings. The van der Waals surface area contributed by atoms with Gasteiger partial charge in [-0.05, 0) is 55.4 Å². The highest BCUT2D eigenvalue weighted by Crippen LogP contribution is 2.40. The summed E-state index contributed by atoms with van der Waals surface area (Å²) in [6.07, 6.45) is 7.13. The number of aliphatic carboxylic acids is 1. The first-order valence-corrected chi connectivity index (χ1v) is 11.4. The zero-order valence-electron chi connectivity index (χ0n) is 17.9. The van der Waals surface area contributed by atoms with Gasteiger partial charge >= 0.3 is 5.97 Å². The second kappa shape index (κ2) is 8.82. The molecule has 0 radical (unpaired) electrons. The Morgan fingerprint density at radius 1 is 1.38 bits per heavy atom. The number of hydrogen-bond donors (Lipinski definition) is 1. The van der Waals surface area contributed by atoms with Crippen molar-refractivity contribution in [1.82, 2.24) is 8.52 Å². The van der Waals surface area contributed by atoms with E-state index in [4.69, 9.17) is 5.11 Å².